The maximum absolute atomic E-state index is 13.4. The number of amides is 1. The van der Waals surface area contributed by atoms with Crippen LogP contribution in [0.25, 0.3) is 0 Å². The fraction of sp³-hybridized carbons (Fsp3) is 0.478. The van der Waals surface area contributed by atoms with E-state index in [1.165, 1.54) is 26.2 Å². The fourth-order valence-corrected chi connectivity index (χ4v) is 5.29. The zero-order valence-corrected chi connectivity index (χ0v) is 19.1. The summed E-state index contributed by atoms with van der Waals surface area (Å²) < 4.78 is 36.2. The number of carbonyl (C=O) groups is 2. The Kier molecular flexibility index (Phi) is 6.39. The third-order valence-corrected chi connectivity index (χ3v) is 7.96. The van der Waals surface area contributed by atoms with Gasteiger partial charge in [0.15, 0.2) is 0 Å². The molecule has 2 aromatic rings. The van der Waals surface area contributed by atoms with Crippen molar-refractivity contribution in [1.82, 2.24) is 4.31 Å². The van der Waals surface area contributed by atoms with Gasteiger partial charge in [0.1, 0.15) is 12.4 Å². The Morgan fingerprint density at radius 3 is 2.56 bits per heavy atom. The van der Waals surface area contributed by atoms with E-state index in [0.29, 0.717) is 19.4 Å². The number of anilines is 1. The highest BCUT2D eigenvalue weighted by atomic mass is 32.2. The summed E-state index contributed by atoms with van der Waals surface area (Å²) in [6.45, 7) is 0.456. The van der Waals surface area contributed by atoms with E-state index in [9.17, 15) is 18.0 Å². The molecule has 32 heavy (non-hydrogen) atoms. The largest absolute Gasteiger partial charge is 0.457 e. The average Bonchev–Trinajstić information content (AvgIpc) is 3.44. The molecule has 1 fully saturated rings. The van der Waals surface area contributed by atoms with Crippen LogP contribution in [0.3, 0.4) is 0 Å². The van der Waals surface area contributed by atoms with E-state index in [-0.39, 0.29) is 23.4 Å². The van der Waals surface area contributed by atoms with Crippen LogP contribution in [0, 0.1) is 11.8 Å². The average molecular weight is 461 g/mol. The second-order valence-electron chi connectivity index (χ2n) is 8.48. The molecule has 2 aliphatic rings. The topological polar surface area (TPSA) is 97.1 Å². The van der Waals surface area contributed by atoms with Gasteiger partial charge < -0.3 is 14.1 Å². The van der Waals surface area contributed by atoms with Gasteiger partial charge in [-0.3, -0.25) is 9.59 Å². The SMILES string of the molecule is CN(C)S(=O)(=O)c1ccc(COC(=O)C2CCCCC2C(=O)N2CCc3ccccc32)o1. The first-order valence-corrected chi connectivity index (χ1v) is 12.3. The van der Waals surface area contributed by atoms with Crippen molar-refractivity contribution in [1.29, 1.82) is 0 Å². The molecule has 0 N–H and O–H groups in total. The zero-order valence-electron chi connectivity index (χ0n) is 18.3. The van der Waals surface area contributed by atoms with Crippen LogP contribution >= 0.6 is 0 Å². The maximum atomic E-state index is 13.4. The minimum absolute atomic E-state index is 0.0195. The molecule has 9 heteroatoms. The molecular weight excluding hydrogens is 432 g/mol. The molecule has 1 amide bonds. The molecule has 2 unspecified atom stereocenters. The molecule has 1 aromatic carbocycles. The third-order valence-electron chi connectivity index (χ3n) is 6.27. The van der Waals surface area contributed by atoms with Crippen LogP contribution in [0.4, 0.5) is 5.69 Å². The van der Waals surface area contributed by atoms with Gasteiger partial charge in [0, 0.05) is 26.3 Å². The van der Waals surface area contributed by atoms with Crippen LogP contribution in [-0.2, 0) is 37.4 Å². The van der Waals surface area contributed by atoms with Gasteiger partial charge in [-0.15, -0.1) is 0 Å². The molecule has 1 aliphatic heterocycles. The van der Waals surface area contributed by atoms with Crippen molar-refractivity contribution in [3.63, 3.8) is 0 Å². The number of nitrogens with zero attached hydrogens (tertiary/aromatic N) is 2. The highest BCUT2D eigenvalue weighted by molar-refractivity contribution is 7.88. The fourth-order valence-electron chi connectivity index (χ4n) is 4.48. The van der Waals surface area contributed by atoms with E-state index < -0.39 is 27.8 Å². The number of esters is 1. The summed E-state index contributed by atoms with van der Waals surface area (Å²) in [5.41, 5.74) is 2.08. The van der Waals surface area contributed by atoms with Crippen LogP contribution in [0.2, 0.25) is 0 Å². The van der Waals surface area contributed by atoms with Gasteiger partial charge in [-0.2, -0.15) is 0 Å². The molecule has 1 aliphatic carbocycles. The molecule has 0 bridgehead atoms. The van der Waals surface area contributed by atoms with E-state index >= 15 is 0 Å². The molecule has 1 saturated carbocycles. The smallest absolute Gasteiger partial charge is 0.310 e. The number of carbonyl (C=O) groups excluding carboxylic acids is 2. The number of sulfonamides is 1. The number of rotatable bonds is 6. The van der Waals surface area contributed by atoms with Crippen LogP contribution in [-0.4, -0.2) is 45.2 Å². The van der Waals surface area contributed by atoms with Crippen LogP contribution < -0.4 is 4.90 Å². The van der Waals surface area contributed by atoms with Crippen molar-refractivity contribution in [3.05, 3.63) is 47.7 Å². The molecule has 8 nitrogen and oxygen atoms in total. The third kappa shape index (κ3) is 4.31. The van der Waals surface area contributed by atoms with Gasteiger partial charge in [0.25, 0.3) is 10.0 Å². The first-order valence-electron chi connectivity index (χ1n) is 10.9. The Labute approximate surface area is 188 Å². The molecule has 0 saturated heterocycles. The highest BCUT2D eigenvalue weighted by Gasteiger charge is 2.40. The zero-order chi connectivity index (χ0) is 22.9. The Balaban J connectivity index is 1.43. The molecule has 172 valence electrons. The standard InChI is InChI=1S/C23H28N2O6S/c1-24(2)32(28,29)21-12-11-17(31-21)15-30-23(27)19-9-5-4-8-18(19)22(26)25-14-13-16-7-3-6-10-20(16)25/h3,6-7,10-12,18-19H,4-5,8-9,13-15H2,1-2H3. The van der Waals surface area contributed by atoms with E-state index in [0.717, 1.165) is 34.8 Å². The van der Waals surface area contributed by atoms with Crippen molar-refractivity contribution >= 4 is 27.6 Å². The second kappa shape index (κ2) is 9.07. The lowest BCUT2D eigenvalue weighted by Crippen LogP contribution is -2.42. The molecular formula is C23H28N2O6S. The summed E-state index contributed by atoms with van der Waals surface area (Å²) >= 11 is 0. The molecule has 2 heterocycles. The number of para-hydroxylation sites is 1. The first kappa shape index (κ1) is 22.5. The Morgan fingerprint density at radius 2 is 1.81 bits per heavy atom. The van der Waals surface area contributed by atoms with Crippen LogP contribution in [0.15, 0.2) is 45.9 Å². The van der Waals surface area contributed by atoms with Crippen LogP contribution in [0.5, 0.6) is 0 Å². The van der Waals surface area contributed by atoms with Gasteiger partial charge in [0.05, 0.1) is 11.8 Å². The van der Waals surface area contributed by atoms with E-state index in [2.05, 4.69) is 0 Å². The highest BCUT2D eigenvalue weighted by Crippen LogP contribution is 2.36. The second-order valence-corrected chi connectivity index (χ2v) is 10.6. The van der Waals surface area contributed by atoms with Crippen LogP contribution in [0.1, 0.15) is 37.0 Å². The van der Waals surface area contributed by atoms with Gasteiger partial charge in [-0.25, -0.2) is 12.7 Å². The summed E-state index contributed by atoms with van der Waals surface area (Å²) in [5.74, 6) is -1.14. The number of hydrogen-bond donors (Lipinski definition) is 0. The monoisotopic (exact) mass is 460 g/mol. The summed E-state index contributed by atoms with van der Waals surface area (Å²) in [6, 6.07) is 10.7. The molecule has 2 atom stereocenters. The van der Waals surface area contributed by atoms with Gasteiger partial charge in [-0.1, -0.05) is 31.0 Å². The number of furan rings is 1. The minimum Gasteiger partial charge on any atom is -0.457 e. The van der Waals surface area contributed by atoms with E-state index in [1.54, 1.807) is 4.90 Å². The number of benzene rings is 1. The van der Waals surface area contributed by atoms with Gasteiger partial charge >= 0.3 is 5.97 Å². The quantitative estimate of drug-likeness (QED) is 0.615. The number of ether oxygens (including phenoxy) is 1. The maximum Gasteiger partial charge on any atom is 0.310 e. The Bertz CT molecular complexity index is 1110. The molecule has 4 rings (SSSR count). The molecule has 1 aromatic heterocycles. The van der Waals surface area contributed by atoms with E-state index in [4.69, 9.17) is 9.15 Å². The predicted octanol–water partition coefficient (Wildman–Crippen LogP) is 2.97. The van der Waals surface area contributed by atoms with Crippen molar-refractivity contribution in [2.24, 2.45) is 11.8 Å². The molecule has 0 spiro atoms. The Hall–Kier alpha value is -2.65. The normalized spacial score (nSPS) is 20.9. The number of hydrogen-bond acceptors (Lipinski definition) is 6. The lowest BCUT2D eigenvalue weighted by molar-refractivity contribution is -0.156. The Morgan fingerprint density at radius 1 is 1.09 bits per heavy atom. The van der Waals surface area contributed by atoms with Crippen molar-refractivity contribution in [2.75, 3.05) is 25.5 Å². The minimum atomic E-state index is -3.69. The summed E-state index contributed by atoms with van der Waals surface area (Å²) in [6.07, 6.45) is 3.85. The summed E-state index contributed by atoms with van der Waals surface area (Å²) in [7, 11) is -0.867. The molecule has 0 radical (unpaired) electrons. The predicted molar refractivity (Wildman–Crippen MR) is 117 cm³/mol. The lowest BCUT2D eigenvalue weighted by Gasteiger charge is -2.32. The lowest BCUT2D eigenvalue weighted by atomic mass is 9.78. The number of fused-ring (bicyclic) bond motifs is 1. The van der Waals surface area contributed by atoms with Gasteiger partial charge in [0.2, 0.25) is 11.0 Å². The van der Waals surface area contributed by atoms with Crippen molar-refractivity contribution in [3.8, 4) is 0 Å². The summed E-state index contributed by atoms with van der Waals surface area (Å²) in [4.78, 5) is 28.1. The first-order chi connectivity index (χ1) is 15.3. The summed E-state index contributed by atoms with van der Waals surface area (Å²) in [5, 5.41) is -0.202. The van der Waals surface area contributed by atoms with Gasteiger partial charge in [-0.05, 0) is 43.0 Å². The van der Waals surface area contributed by atoms with Crippen molar-refractivity contribution < 1.29 is 27.2 Å². The van der Waals surface area contributed by atoms with Crippen molar-refractivity contribution in [2.45, 2.75) is 43.8 Å². The van der Waals surface area contributed by atoms with E-state index in [1.807, 2.05) is 24.3 Å².